The second kappa shape index (κ2) is 6.56. The molecule has 1 aliphatic rings. The Labute approximate surface area is 186 Å². The van der Waals surface area contributed by atoms with Gasteiger partial charge in [-0.3, -0.25) is 0 Å². The first-order chi connectivity index (χ1) is 15.0. The third-order valence-electron chi connectivity index (χ3n) is 6.01. The maximum atomic E-state index is 4.38. The summed E-state index contributed by atoms with van der Waals surface area (Å²) in [5.41, 5.74) is 8.29. The zero-order valence-electron chi connectivity index (χ0n) is 17.4. The Morgan fingerprint density at radius 3 is 1.97 bits per heavy atom. The standard InChI is InChI=1S/C21H19N8S2/c1-26-16-8-12-13(23-30-22-12)9-17(16)27(2)20(26)6-5-7-21-28(3)18-10-14-15(25-31-24-14)11-19(18)29(21)4/h5-11H,1-4H3/q+1. The topological polar surface area (TPSA) is 66.9 Å². The van der Waals surface area contributed by atoms with Crippen molar-refractivity contribution in [1.29, 1.82) is 0 Å². The van der Waals surface area contributed by atoms with E-state index in [-0.39, 0.29) is 0 Å². The van der Waals surface area contributed by atoms with Crippen molar-refractivity contribution >= 4 is 74.0 Å². The van der Waals surface area contributed by atoms with Gasteiger partial charge in [-0.15, -0.1) is 0 Å². The van der Waals surface area contributed by atoms with Gasteiger partial charge in [0.1, 0.15) is 27.9 Å². The van der Waals surface area contributed by atoms with Gasteiger partial charge >= 0.3 is 0 Å². The van der Waals surface area contributed by atoms with Gasteiger partial charge in [-0.1, -0.05) is 6.08 Å². The molecule has 31 heavy (non-hydrogen) atoms. The zero-order chi connectivity index (χ0) is 21.3. The lowest BCUT2D eigenvalue weighted by atomic mass is 10.2. The van der Waals surface area contributed by atoms with Crippen LogP contribution in [0.4, 0.5) is 11.4 Å². The van der Waals surface area contributed by atoms with Crippen LogP contribution in [0.25, 0.3) is 39.2 Å². The summed E-state index contributed by atoms with van der Waals surface area (Å²) in [4.78, 5) is 4.37. The first-order valence-corrected chi connectivity index (χ1v) is 11.2. The maximum Gasteiger partial charge on any atom is 0.281 e. The molecule has 0 saturated carbocycles. The van der Waals surface area contributed by atoms with Crippen LogP contribution in [-0.4, -0.2) is 36.2 Å². The molecule has 0 N–H and O–H groups in total. The molecule has 0 saturated heterocycles. The monoisotopic (exact) mass is 447 g/mol. The predicted octanol–water partition coefficient (Wildman–Crippen LogP) is 3.45. The van der Waals surface area contributed by atoms with Gasteiger partial charge in [-0.2, -0.15) is 17.5 Å². The summed E-state index contributed by atoms with van der Waals surface area (Å²) >= 11 is 2.50. The minimum absolute atomic E-state index is 0.937. The van der Waals surface area contributed by atoms with Crippen molar-refractivity contribution < 1.29 is 4.57 Å². The summed E-state index contributed by atoms with van der Waals surface area (Å²) in [7, 11) is 8.32. The molecule has 154 valence electrons. The van der Waals surface area contributed by atoms with E-state index in [2.05, 4.69) is 107 Å². The van der Waals surface area contributed by atoms with Crippen LogP contribution in [0.2, 0.25) is 0 Å². The van der Waals surface area contributed by atoms with Crippen LogP contribution in [-0.2, 0) is 14.1 Å². The van der Waals surface area contributed by atoms with Crippen molar-refractivity contribution in [3.05, 3.63) is 48.1 Å². The van der Waals surface area contributed by atoms with Gasteiger partial charge in [-0.05, 0) is 18.2 Å². The first kappa shape index (κ1) is 18.4. The quantitative estimate of drug-likeness (QED) is 0.386. The van der Waals surface area contributed by atoms with Crippen LogP contribution in [0, 0.1) is 0 Å². The molecular formula is C21H19N8S2+. The molecule has 10 heteroatoms. The fourth-order valence-electron chi connectivity index (χ4n) is 4.30. The number of imidazole rings is 1. The highest BCUT2D eigenvalue weighted by Gasteiger charge is 2.27. The van der Waals surface area contributed by atoms with E-state index >= 15 is 0 Å². The molecule has 0 spiro atoms. The van der Waals surface area contributed by atoms with E-state index in [1.807, 2.05) is 0 Å². The van der Waals surface area contributed by atoms with Crippen molar-refractivity contribution in [2.24, 2.45) is 14.1 Å². The largest absolute Gasteiger partial charge is 0.329 e. The molecule has 0 fully saturated rings. The Morgan fingerprint density at radius 2 is 1.35 bits per heavy atom. The van der Waals surface area contributed by atoms with E-state index in [9.17, 15) is 0 Å². The molecule has 5 aromatic rings. The van der Waals surface area contributed by atoms with Gasteiger partial charge in [0.15, 0.2) is 11.0 Å². The van der Waals surface area contributed by atoms with Gasteiger partial charge < -0.3 is 9.80 Å². The summed E-state index contributed by atoms with van der Waals surface area (Å²) in [6.45, 7) is 0. The van der Waals surface area contributed by atoms with Gasteiger partial charge in [0.25, 0.3) is 5.82 Å². The number of anilines is 2. The fourth-order valence-corrected chi connectivity index (χ4v) is 5.32. The van der Waals surface area contributed by atoms with E-state index in [0.717, 1.165) is 56.1 Å². The molecule has 0 radical (unpaired) electrons. The second-order valence-corrected chi connectivity index (χ2v) is 8.72. The summed E-state index contributed by atoms with van der Waals surface area (Å²) < 4.78 is 21.9. The number of rotatable bonds is 2. The Bertz CT molecular complexity index is 1450. The molecule has 0 unspecified atom stereocenters. The average Bonchev–Trinajstić information content (AvgIpc) is 3.51. The van der Waals surface area contributed by atoms with Crippen molar-refractivity contribution in [2.45, 2.75) is 0 Å². The Morgan fingerprint density at radius 1 is 0.806 bits per heavy atom. The number of fused-ring (bicyclic) bond motifs is 4. The van der Waals surface area contributed by atoms with Crippen LogP contribution in [0.5, 0.6) is 0 Å². The van der Waals surface area contributed by atoms with Crippen molar-refractivity contribution in [3.63, 3.8) is 0 Å². The molecule has 8 nitrogen and oxygen atoms in total. The van der Waals surface area contributed by atoms with Crippen LogP contribution >= 0.6 is 23.5 Å². The third kappa shape index (κ3) is 2.61. The molecule has 0 atom stereocenters. The number of benzene rings is 2. The SMILES string of the molecule is CN1C(=C/C=C\c2n(C)c3cc4nsnc4cc3[n+]2C)N(C)c2cc3nsnc3cc21. The smallest absolute Gasteiger partial charge is 0.281 e. The van der Waals surface area contributed by atoms with Crippen LogP contribution in [0.1, 0.15) is 5.82 Å². The number of aromatic nitrogens is 6. The number of hydrogen-bond donors (Lipinski definition) is 0. The van der Waals surface area contributed by atoms with Gasteiger partial charge in [-0.25, -0.2) is 9.13 Å². The Kier molecular flexibility index (Phi) is 3.90. The normalized spacial score (nSPS) is 14.1. The highest BCUT2D eigenvalue weighted by molar-refractivity contribution is 7.00. The Balaban J connectivity index is 1.38. The second-order valence-electron chi connectivity index (χ2n) is 7.67. The highest BCUT2D eigenvalue weighted by atomic mass is 32.1. The van der Waals surface area contributed by atoms with E-state index in [0.29, 0.717) is 0 Å². The van der Waals surface area contributed by atoms with Crippen molar-refractivity contribution in [3.8, 4) is 0 Å². The molecule has 0 aliphatic carbocycles. The zero-order valence-corrected chi connectivity index (χ0v) is 19.1. The molecular weight excluding hydrogens is 428 g/mol. The molecule has 0 amide bonds. The average molecular weight is 448 g/mol. The summed E-state index contributed by atoms with van der Waals surface area (Å²) in [6, 6.07) is 8.42. The van der Waals surface area contributed by atoms with Gasteiger partial charge in [0, 0.05) is 32.3 Å². The molecule has 4 heterocycles. The lowest BCUT2D eigenvalue weighted by molar-refractivity contribution is -0.647. The predicted molar refractivity (Wildman–Crippen MR) is 126 cm³/mol. The van der Waals surface area contributed by atoms with E-state index in [4.69, 9.17) is 0 Å². The summed E-state index contributed by atoms with van der Waals surface area (Å²) in [5.74, 6) is 2.19. The van der Waals surface area contributed by atoms with Crippen LogP contribution < -0.4 is 14.4 Å². The summed E-state index contributed by atoms with van der Waals surface area (Å²) in [6.07, 6.45) is 6.36. The molecule has 3 aromatic heterocycles. The minimum atomic E-state index is 0.937. The van der Waals surface area contributed by atoms with Gasteiger partial charge in [0.2, 0.25) is 0 Å². The number of allylic oxidation sites excluding steroid dienone is 2. The van der Waals surface area contributed by atoms with E-state index in [1.54, 1.807) is 0 Å². The van der Waals surface area contributed by atoms with Crippen molar-refractivity contribution in [1.82, 2.24) is 22.1 Å². The van der Waals surface area contributed by atoms with Crippen LogP contribution in [0.3, 0.4) is 0 Å². The number of nitrogens with zero attached hydrogens (tertiary/aromatic N) is 8. The van der Waals surface area contributed by atoms with E-state index < -0.39 is 0 Å². The number of hydrogen-bond acceptors (Lipinski definition) is 8. The molecule has 0 bridgehead atoms. The highest BCUT2D eigenvalue weighted by Crippen LogP contribution is 2.41. The van der Waals surface area contributed by atoms with E-state index in [1.165, 1.54) is 23.5 Å². The molecule has 2 aromatic carbocycles. The molecule has 6 rings (SSSR count). The maximum absolute atomic E-state index is 4.38. The first-order valence-electron chi connectivity index (χ1n) is 9.76. The number of aryl methyl sites for hydroxylation is 2. The summed E-state index contributed by atoms with van der Waals surface area (Å²) in [5, 5.41) is 0. The molecule has 1 aliphatic heterocycles. The van der Waals surface area contributed by atoms with Crippen molar-refractivity contribution in [2.75, 3.05) is 23.9 Å². The fraction of sp³-hybridized carbons (Fsp3) is 0.190. The Hall–Kier alpha value is -3.37. The third-order valence-corrected chi connectivity index (χ3v) is 7.12. The van der Waals surface area contributed by atoms with Gasteiger partial charge in [0.05, 0.1) is 48.9 Å². The van der Waals surface area contributed by atoms with Crippen LogP contribution in [0.15, 0.2) is 42.2 Å². The lowest BCUT2D eigenvalue weighted by Gasteiger charge is -2.17. The minimum Gasteiger partial charge on any atom is -0.329 e. The lowest BCUT2D eigenvalue weighted by Crippen LogP contribution is -2.30.